The van der Waals surface area contributed by atoms with Gasteiger partial charge in [-0.3, -0.25) is 0 Å². The fourth-order valence-corrected chi connectivity index (χ4v) is 1.45. The molecule has 0 atom stereocenters. The topological polar surface area (TPSA) is 47.0 Å². The van der Waals surface area contributed by atoms with Gasteiger partial charge in [0.1, 0.15) is 11.6 Å². The minimum atomic E-state index is 0.646. The lowest BCUT2D eigenvalue weighted by molar-refractivity contribution is 0.295. The van der Waals surface area contributed by atoms with E-state index in [4.69, 9.17) is 4.74 Å². The predicted molar refractivity (Wildman–Crippen MR) is 70.5 cm³/mol. The fraction of sp³-hybridized carbons (Fsp3) is 0.538. The molecule has 0 radical (unpaired) electrons. The maximum Gasteiger partial charge on any atom is 0.218 e. The molecule has 1 aromatic rings. The van der Waals surface area contributed by atoms with Crippen molar-refractivity contribution in [1.29, 1.82) is 0 Å². The Hall–Kier alpha value is -1.58. The van der Waals surface area contributed by atoms with Gasteiger partial charge in [0.15, 0.2) is 0 Å². The van der Waals surface area contributed by atoms with Crippen LogP contribution in [0.3, 0.4) is 0 Å². The van der Waals surface area contributed by atoms with Crippen molar-refractivity contribution in [3.63, 3.8) is 0 Å². The highest BCUT2D eigenvalue weighted by atomic mass is 16.5. The number of anilines is 1. The van der Waals surface area contributed by atoms with Crippen LogP contribution in [0.15, 0.2) is 18.2 Å². The minimum Gasteiger partial charge on any atom is -0.478 e. The van der Waals surface area contributed by atoms with Crippen LogP contribution in [0.4, 0.5) is 5.82 Å². The summed E-state index contributed by atoms with van der Waals surface area (Å²) in [6.07, 6.45) is 7.56. The Bertz CT molecular complexity index is 364. The Morgan fingerprint density at radius 3 is 2.88 bits per heavy atom. The van der Waals surface area contributed by atoms with Crippen molar-refractivity contribution < 1.29 is 4.74 Å². The Kier molecular flexibility index (Phi) is 6.07. The molecule has 1 rings (SSSR count). The third-order valence-electron chi connectivity index (χ3n) is 2.32. The van der Waals surface area contributed by atoms with Crippen molar-refractivity contribution in [1.82, 2.24) is 9.97 Å². The molecule has 0 spiro atoms. The lowest BCUT2D eigenvalue weighted by Gasteiger charge is -2.07. The number of unbranched alkanes of at least 4 members (excludes halogenated alkanes) is 2. The summed E-state index contributed by atoms with van der Waals surface area (Å²) < 4.78 is 5.59. The zero-order chi connectivity index (χ0) is 12.5. The van der Waals surface area contributed by atoms with E-state index < -0.39 is 0 Å². The molecular formula is C13H21N3O. The quantitative estimate of drug-likeness (QED) is 0.583. The van der Waals surface area contributed by atoms with Crippen LogP contribution in [0.2, 0.25) is 0 Å². The van der Waals surface area contributed by atoms with Gasteiger partial charge in [-0.2, -0.15) is 4.98 Å². The second kappa shape index (κ2) is 7.65. The molecule has 0 aliphatic carbocycles. The van der Waals surface area contributed by atoms with E-state index in [9.17, 15) is 0 Å². The Balaban J connectivity index is 2.33. The standard InChI is InChI=1S/C13H21N3O/c1-4-5-6-7-8-9-17-13-10-12(14-3)15-11(2)16-13/h4-5,10H,6-9H2,1-3H3,(H,14,15,16)/b5-4+. The van der Waals surface area contributed by atoms with Crippen molar-refractivity contribution >= 4 is 5.82 Å². The maximum atomic E-state index is 5.59. The highest BCUT2D eigenvalue weighted by molar-refractivity contribution is 5.37. The average Bonchev–Trinajstić information content (AvgIpc) is 2.33. The molecule has 4 heteroatoms. The van der Waals surface area contributed by atoms with Crippen LogP contribution >= 0.6 is 0 Å². The Morgan fingerprint density at radius 1 is 1.35 bits per heavy atom. The number of ether oxygens (including phenoxy) is 1. The van der Waals surface area contributed by atoms with E-state index in [0.29, 0.717) is 12.5 Å². The van der Waals surface area contributed by atoms with Crippen LogP contribution in [0.25, 0.3) is 0 Å². The summed E-state index contributed by atoms with van der Waals surface area (Å²) in [5, 5.41) is 2.99. The summed E-state index contributed by atoms with van der Waals surface area (Å²) in [4.78, 5) is 8.44. The van der Waals surface area contributed by atoms with E-state index in [1.165, 1.54) is 0 Å². The number of aromatic nitrogens is 2. The number of hydrogen-bond acceptors (Lipinski definition) is 4. The van der Waals surface area contributed by atoms with Gasteiger partial charge in [-0.15, -0.1) is 0 Å². The second-order valence-corrected chi connectivity index (χ2v) is 3.80. The van der Waals surface area contributed by atoms with Crippen LogP contribution in [0, 0.1) is 6.92 Å². The highest BCUT2D eigenvalue weighted by Gasteiger charge is 2.00. The van der Waals surface area contributed by atoms with E-state index in [1.54, 1.807) is 0 Å². The summed E-state index contributed by atoms with van der Waals surface area (Å²) in [5.41, 5.74) is 0. The third kappa shape index (κ3) is 5.33. The molecule has 1 aromatic heterocycles. The highest BCUT2D eigenvalue weighted by Crippen LogP contribution is 2.13. The van der Waals surface area contributed by atoms with Crippen LogP contribution in [0.1, 0.15) is 32.0 Å². The van der Waals surface area contributed by atoms with Crippen molar-refractivity contribution in [2.75, 3.05) is 19.0 Å². The van der Waals surface area contributed by atoms with Gasteiger partial charge in [0.05, 0.1) is 6.61 Å². The molecule has 0 aromatic carbocycles. The van der Waals surface area contributed by atoms with Crippen molar-refractivity contribution in [2.45, 2.75) is 33.1 Å². The molecule has 0 unspecified atom stereocenters. The molecule has 0 fully saturated rings. The average molecular weight is 235 g/mol. The molecule has 0 saturated carbocycles. The summed E-state index contributed by atoms with van der Waals surface area (Å²) in [7, 11) is 1.84. The van der Waals surface area contributed by atoms with E-state index in [-0.39, 0.29) is 0 Å². The number of hydrogen-bond donors (Lipinski definition) is 1. The van der Waals surface area contributed by atoms with Gasteiger partial charge < -0.3 is 10.1 Å². The van der Waals surface area contributed by atoms with Crippen LogP contribution < -0.4 is 10.1 Å². The minimum absolute atomic E-state index is 0.646. The van der Waals surface area contributed by atoms with Gasteiger partial charge in [-0.1, -0.05) is 12.2 Å². The normalized spacial score (nSPS) is 10.8. The number of allylic oxidation sites excluding steroid dienone is 2. The molecule has 4 nitrogen and oxygen atoms in total. The molecular weight excluding hydrogens is 214 g/mol. The van der Waals surface area contributed by atoms with Gasteiger partial charge in [0.25, 0.3) is 0 Å². The molecule has 0 aliphatic rings. The second-order valence-electron chi connectivity index (χ2n) is 3.80. The van der Waals surface area contributed by atoms with Gasteiger partial charge in [-0.05, 0) is 33.1 Å². The lowest BCUT2D eigenvalue weighted by Crippen LogP contribution is -2.03. The largest absolute Gasteiger partial charge is 0.478 e. The summed E-state index contributed by atoms with van der Waals surface area (Å²) in [5.74, 6) is 2.16. The molecule has 1 N–H and O–H groups in total. The van der Waals surface area contributed by atoms with Crippen molar-refractivity contribution in [3.05, 3.63) is 24.0 Å². The predicted octanol–water partition coefficient (Wildman–Crippen LogP) is 2.95. The van der Waals surface area contributed by atoms with E-state index in [2.05, 4.69) is 27.4 Å². The van der Waals surface area contributed by atoms with Gasteiger partial charge >= 0.3 is 0 Å². The lowest BCUT2D eigenvalue weighted by atomic mass is 10.2. The molecule has 1 heterocycles. The van der Waals surface area contributed by atoms with Crippen LogP contribution in [0.5, 0.6) is 5.88 Å². The third-order valence-corrected chi connectivity index (χ3v) is 2.32. The zero-order valence-corrected chi connectivity index (χ0v) is 10.9. The van der Waals surface area contributed by atoms with Crippen molar-refractivity contribution in [2.24, 2.45) is 0 Å². The van der Waals surface area contributed by atoms with Gasteiger partial charge in [0, 0.05) is 13.1 Å². The first-order valence-corrected chi connectivity index (χ1v) is 6.03. The Morgan fingerprint density at radius 2 is 2.18 bits per heavy atom. The van der Waals surface area contributed by atoms with Crippen LogP contribution in [-0.4, -0.2) is 23.6 Å². The first-order chi connectivity index (χ1) is 8.26. The maximum absolute atomic E-state index is 5.59. The first-order valence-electron chi connectivity index (χ1n) is 6.03. The number of rotatable bonds is 7. The molecule has 94 valence electrons. The van der Waals surface area contributed by atoms with Crippen molar-refractivity contribution in [3.8, 4) is 5.88 Å². The van der Waals surface area contributed by atoms with E-state index in [1.807, 2.05) is 27.0 Å². The van der Waals surface area contributed by atoms with Gasteiger partial charge in [-0.25, -0.2) is 4.98 Å². The zero-order valence-electron chi connectivity index (χ0n) is 10.9. The molecule has 0 saturated heterocycles. The Labute approximate surface area is 103 Å². The van der Waals surface area contributed by atoms with E-state index in [0.717, 1.165) is 30.9 Å². The number of aryl methyl sites for hydroxylation is 1. The summed E-state index contributed by atoms with van der Waals surface area (Å²) >= 11 is 0. The molecule has 0 amide bonds. The fourth-order valence-electron chi connectivity index (χ4n) is 1.45. The van der Waals surface area contributed by atoms with Crippen LogP contribution in [-0.2, 0) is 0 Å². The molecule has 0 bridgehead atoms. The monoisotopic (exact) mass is 235 g/mol. The molecule has 0 aliphatic heterocycles. The molecule has 17 heavy (non-hydrogen) atoms. The van der Waals surface area contributed by atoms with E-state index >= 15 is 0 Å². The summed E-state index contributed by atoms with van der Waals surface area (Å²) in [6.45, 7) is 4.61. The van der Waals surface area contributed by atoms with Gasteiger partial charge in [0.2, 0.25) is 5.88 Å². The first kappa shape index (κ1) is 13.5. The SMILES string of the molecule is C/C=C/CCCCOc1cc(NC)nc(C)n1. The summed E-state index contributed by atoms with van der Waals surface area (Å²) in [6, 6.07) is 1.82. The smallest absolute Gasteiger partial charge is 0.218 e. The number of nitrogens with zero attached hydrogens (tertiary/aromatic N) is 2. The number of nitrogens with one attached hydrogen (secondary N) is 1.